The van der Waals surface area contributed by atoms with Gasteiger partial charge in [0, 0.05) is 26.2 Å². The van der Waals surface area contributed by atoms with Crippen molar-refractivity contribution >= 4 is 5.91 Å². The molecule has 1 amide bonds. The molecule has 4 nitrogen and oxygen atoms in total. The summed E-state index contributed by atoms with van der Waals surface area (Å²) in [7, 11) is 1.74. The molecular weight excluding hydrogens is 240 g/mol. The number of amides is 1. The van der Waals surface area contributed by atoms with Crippen LogP contribution in [-0.4, -0.2) is 49.2 Å². The summed E-state index contributed by atoms with van der Waals surface area (Å²) in [6.07, 6.45) is 7.57. The lowest BCUT2D eigenvalue weighted by atomic mass is 9.77. The molecule has 2 fully saturated rings. The van der Waals surface area contributed by atoms with E-state index in [0.29, 0.717) is 12.5 Å². The van der Waals surface area contributed by atoms with E-state index in [9.17, 15) is 4.79 Å². The van der Waals surface area contributed by atoms with E-state index in [1.165, 1.54) is 25.7 Å². The van der Waals surface area contributed by atoms with Crippen LogP contribution in [0.4, 0.5) is 0 Å². The number of nitrogens with one attached hydrogen (secondary N) is 1. The summed E-state index contributed by atoms with van der Waals surface area (Å²) in [5.41, 5.74) is -0.148. The van der Waals surface area contributed by atoms with Crippen LogP contribution in [0.1, 0.15) is 51.9 Å². The van der Waals surface area contributed by atoms with Gasteiger partial charge in [0.25, 0.3) is 0 Å². The number of carbonyl (C=O) groups is 1. The molecule has 1 saturated heterocycles. The van der Waals surface area contributed by atoms with Gasteiger partial charge in [-0.05, 0) is 45.6 Å². The minimum atomic E-state index is -0.148. The van der Waals surface area contributed by atoms with Gasteiger partial charge in [0.05, 0.1) is 12.0 Å². The van der Waals surface area contributed by atoms with E-state index in [1.807, 2.05) is 4.90 Å². The van der Waals surface area contributed by atoms with Crippen molar-refractivity contribution in [1.82, 2.24) is 10.2 Å². The van der Waals surface area contributed by atoms with Gasteiger partial charge in [0.2, 0.25) is 5.91 Å². The lowest BCUT2D eigenvalue weighted by Gasteiger charge is -2.41. The van der Waals surface area contributed by atoms with E-state index in [1.54, 1.807) is 7.11 Å². The Morgan fingerprint density at radius 1 is 1.37 bits per heavy atom. The first kappa shape index (κ1) is 14.8. The van der Waals surface area contributed by atoms with Crippen LogP contribution in [-0.2, 0) is 9.53 Å². The summed E-state index contributed by atoms with van der Waals surface area (Å²) < 4.78 is 5.57. The third-order valence-corrected chi connectivity index (χ3v) is 4.76. The fourth-order valence-corrected chi connectivity index (χ4v) is 3.16. The largest absolute Gasteiger partial charge is 0.378 e. The van der Waals surface area contributed by atoms with E-state index < -0.39 is 0 Å². The van der Waals surface area contributed by atoms with Gasteiger partial charge in [-0.2, -0.15) is 0 Å². The van der Waals surface area contributed by atoms with Crippen LogP contribution in [0.15, 0.2) is 0 Å². The highest BCUT2D eigenvalue weighted by Crippen LogP contribution is 2.38. The Morgan fingerprint density at radius 2 is 2.16 bits per heavy atom. The predicted molar refractivity (Wildman–Crippen MR) is 76.1 cm³/mol. The number of likely N-dealkylation sites (N-methyl/N-ethyl adjacent to an activating group) is 1. The van der Waals surface area contributed by atoms with Crippen molar-refractivity contribution in [2.75, 3.05) is 26.7 Å². The Bertz CT molecular complexity index is 291. The summed E-state index contributed by atoms with van der Waals surface area (Å²) >= 11 is 0. The standard InChI is InChI=1S/C15H28N2O2/c1-3-17(12-13-7-4-5-10-16-13)14(18)11-15(19-2)8-6-9-15/h13,16H,3-12H2,1-2H3. The summed E-state index contributed by atoms with van der Waals surface area (Å²) in [5, 5.41) is 3.52. The topological polar surface area (TPSA) is 41.6 Å². The Morgan fingerprint density at radius 3 is 2.63 bits per heavy atom. The number of piperidine rings is 1. The summed E-state index contributed by atoms with van der Waals surface area (Å²) in [6.45, 7) is 4.82. The van der Waals surface area contributed by atoms with Crippen LogP contribution in [0.2, 0.25) is 0 Å². The first-order valence-corrected chi connectivity index (χ1v) is 7.75. The predicted octanol–water partition coefficient (Wildman–Crippen LogP) is 1.94. The SMILES string of the molecule is CCN(CC1CCCCN1)C(=O)CC1(OC)CCC1. The third kappa shape index (κ3) is 3.69. The van der Waals surface area contributed by atoms with Crippen LogP contribution < -0.4 is 5.32 Å². The van der Waals surface area contributed by atoms with Crippen molar-refractivity contribution < 1.29 is 9.53 Å². The lowest BCUT2D eigenvalue weighted by molar-refractivity contribution is -0.144. The van der Waals surface area contributed by atoms with Gasteiger partial charge in [0.15, 0.2) is 0 Å². The van der Waals surface area contributed by atoms with Gasteiger partial charge < -0.3 is 15.0 Å². The third-order valence-electron chi connectivity index (χ3n) is 4.76. The van der Waals surface area contributed by atoms with E-state index in [-0.39, 0.29) is 11.5 Å². The summed E-state index contributed by atoms with van der Waals surface area (Å²) in [5.74, 6) is 0.261. The second kappa shape index (κ2) is 6.71. The monoisotopic (exact) mass is 268 g/mol. The highest BCUT2D eigenvalue weighted by molar-refractivity contribution is 5.77. The molecule has 2 aliphatic rings. The molecule has 1 atom stereocenters. The maximum Gasteiger partial charge on any atom is 0.225 e. The number of nitrogens with zero attached hydrogens (tertiary/aromatic N) is 1. The number of methoxy groups -OCH3 is 1. The number of hydrogen-bond donors (Lipinski definition) is 1. The first-order valence-electron chi connectivity index (χ1n) is 7.75. The molecule has 1 N–H and O–H groups in total. The highest BCUT2D eigenvalue weighted by Gasteiger charge is 2.40. The fraction of sp³-hybridized carbons (Fsp3) is 0.933. The van der Waals surface area contributed by atoms with Gasteiger partial charge >= 0.3 is 0 Å². The molecule has 2 rings (SSSR count). The zero-order valence-corrected chi connectivity index (χ0v) is 12.4. The molecule has 0 aromatic carbocycles. The number of rotatable bonds is 6. The molecular formula is C15H28N2O2. The number of hydrogen-bond acceptors (Lipinski definition) is 3. The molecule has 1 saturated carbocycles. The van der Waals surface area contributed by atoms with Crippen LogP contribution in [0.3, 0.4) is 0 Å². The smallest absolute Gasteiger partial charge is 0.225 e. The van der Waals surface area contributed by atoms with Crippen molar-refractivity contribution in [3.8, 4) is 0 Å². The number of ether oxygens (including phenoxy) is 1. The normalized spacial score (nSPS) is 25.7. The molecule has 0 bridgehead atoms. The second-order valence-electron chi connectivity index (χ2n) is 6.00. The minimum Gasteiger partial charge on any atom is -0.378 e. The molecule has 110 valence electrons. The highest BCUT2D eigenvalue weighted by atomic mass is 16.5. The van der Waals surface area contributed by atoms with Crippen LogP contribution in [0, 0.1) is 0 Å². The van der Waals surface area contributed by atoms with E-state index in [2.05, 4.69) is 12.2 Å². The van der Waals surface area contributed by atoms with Crippen molar-refractivity contribution in [2.45, 2.75) is 63.5 Å². The Kier molecular flexibility index (Phi) is 5.22. The number of carbonyl (C=O) groups excluding carboxylic acids is 1. The minimum absolute atomic E-state index is 0.148. The molecule has 1 heterocycles. The van der Waals surface area contributed by atoms with Crippen molar-refractivity contribution in [2.24, 2.45) is 0 Å². The molecule has 1 aliphatic heterocycles. The quantitative estimate of drug-likeness (QED) is 0.800. The van der Waals surface area contributed by atoms with E-state index >= 15 is 0 Å². The van der Waals surface area contributed by atoms with E-state index in [4.69, 9.17) is 4.74 Å². The van der Waals surface area contributed by atoms with Crippen LogP contribution in [0.5, 0.6) is 0 Å². The summed E-state index contributed by atoms with van der Waals surface area (Å²) in [4.78, 5) is 14.4. The fourth-order valence-electron chi connectivity index (χ4n) is 3.16. The molecule has 1 unspecified atom stereocenters. The molecule has 0 aromatic rings. The van der Waals surface area contributed by atoms with Gasteiger partial charge in [0.1, 0.15) is 0 Å². The maximum atomic E-state index is 12.4. The molecule has 0 spiro atoms. The van der Waals surface area contributed by atoms with Gasteiger partial charge in [-0.25, -0.2) is 0 Å². The first-order chi connectivity index (χ1) is 9.19. The lowest BCUT2D eigenvalue weighted by Crippen LogP contribution is -2.49. The zero-order valence-electron chi connectivity index (χ0n) is 12.4. The van der Waals surface area contributed by atoms with Crippen molar-refractivity contribution in [3.63, 3.8) is 0 Å². The maximum absolute atomic E-state index is 12.4. The Balaban J connectivity index is 1.83. The van der Waals surface area contributed by atoms with Gasteiger partial charge in [-0.3, -0.25) is 4.79 Å². The average molecular weight is 268 g/mol. The molecule has 19 heavy (non-hydrogen) atoms. The van der Waals surface area contributed by atoms with E-state index in [0.717, 1.165) is 32.5 Å². The molecule has 0 radical (unpaired) electrons. The molecule has 1 aliphatic carbocycles. The van der Waals surface area contributed by atoms with Crippen LogP contribution in [0.25, 0.3) is 0 Å². The van der Waals surface area contributed by atoms with Crippen molar-refractivity contribution in [1.29, 1.82) is 0 Å². The molecule has 4 heteroatoms. The molecule has 0 aromatic heterocycles. The Labute approximate surface area is 116 Å². The zero-order chi connectivity index (χ0) is 13.7. The average Bonchev–Trinajstić information content (AvgIpc) is 2.41. The summed E-state index contributed by atoms with van der Waals surface area (Å²) in [6, 6.07) is 0.484. The van der Waals surface area contributed by atoms with Crippen molar-refractivity contribution in [3.05, 3.63) is 0 Å². The van der Waals surface area contributed by atoms with Gasteiger partial charge in [-0.1, -0.05) is 6.42 Å². The van der Waals surface area contributed by atoms with Gasteiger partial charge in [-0.15, -0.1) is 0 Å². The Hall–Kier alpha value is -0.610. The second-order valence-corrected chi connectivity index (χ2v) is 6.00. The van der Waals surface area contributed by atoms with Crippen LogP contribution >= 0.6 is 0 Å².